The Labute approximate surface area is 99.1 Å². The van der Waals surface area contributed by atoms with Gasteiger partial charge in [0.2, 0.25) is 0 Å². The van der Waals surface area contributed by atoms with E-state index in [-0.39, 0.29) is 0 Å². The fourth-order valence-electron chi connectivity index (χ4n) is 1.67. The van der Waals surface area contributed by atoms with Gasteiger partial charge in [0, 0.05) is 11.7 Å². The molecule has 0 saturated heterocycles. The summed E-state index contributed by atoms with van der Waals surface area (Å²) in [6, 6.07) is 3.81. The van der Waals surface area contributed by atoms with Gasteiger partial charge in [-0.3, -0.25) is 0 Å². The van der Waals surface area contributed by atoms with Crippen molar-refractivity contribution in [3.63, 3.8) is 0 Å². The van der Waals surface area contributed by atoms with Gasteiger partial charge in [-0.25, -0.2) is 0 Å². The number of nitrogen functional groups attached to an aromatic ring is 1. The molecule has 0 aromatic heterocycles. The van der Waals surface area contributed by atoms with Crippen LogP contribution in [0.2, 0.25) is 10.0 Å². The predicted octanol–water partition coefficient (Wildman–Crippen LogP) is 3.71. The quantitative estimate of drug-likeness (QED) is 0.613. The zero-order valence-electron chi connectivity index (χ0n) is 8.13. The maximum atomic E-state index is 6.07. The smallest absolute Gasteiger partial charge is 0.0722 e. The first-order chi connectivity index (χ1) is 7.16. The number of hydrogen-bond donors (Lipinski definition) is 2. The van der Waals surface area contributed by atoms with Crippen LogP contribution in [0.25, 0.3) is 0 Å². The molecule has 4 heteroatoms. The second-order valence-corrected chi connectivity index (χ2v) is 4.46. The molecule has 0 atom stereocenters. The lowest BCUT2D eigenvalue weighted by Gasteiger charge is -2.16. The largest absolute Gasteiger partial charge is 0.399 e. The van der Waals surface area contributed by atoms with Gasteiger partial charge < -0.3 is 11.1 Å². The summed E-state index contributed by atoms with van der Waals surface area (Å²) in [6.07, 6.45) is 6.32. The fraction of sp³-hybridized carbons (Fsp3) is 0.273. The van der Waals surface area contributed by atoms with E-state index in [2.05, 4.69) is 17.5 Å². The molecule has 0 saturated carbocycles. The van der Waals surface area contributed by atoms with E-state index in [1.54, 1.807) is 12.1 Å². The molecule has 1 aromatic carbocycles. The molecular formula is C11H12Cl2N2. The van der Waals surface area contributed by atoms with Gasteiger partial charge in [0.1, 0.15) is 0 Å². The third kappa shape index (κ3) is 2.39. The van der Waals surface area contributed by atoms with Crippen LogP contribution < -0.4 is 11.1 Å². The van der Waals surface area contributed by atoms with Crippen molar-refractivity contribution in [2.75, 3.05) is 11.1 Å². The second-order valence-electron chi connectivity index (χ2n) is 3.64. The van der Waals surface area contributed by atoms with Gasteiger partial charge in [-0.05, 0) is 25.0 Å². The molecule has 0 spiro atoms. The normalized spacial score (nSPS) is 15.9. The molecule has 0 aliphatic heterocycles. The highest BCUT2D eigenvalue weighted by molar-refractivity contribution is 6.39. The average Bonchev–Trinajstić information content (AvgIpc) is 2.63. The van der Waals surface area contributed by atoms with E-state index in [1.165, 1.54) is 0 Å². The molecule has 0 amide bonds. The summed E-state index contributed by atoms with van der Waals surface area (Å²) in [4.78, 5) is 0. The van der Waals surface area contributed by atoms with Crippen molar-refractivity contribution in [1.29, 1.82) is 0 Å². The summed E-state index contributed by atoms with van der Waals surface area (Å²) in [5.41, 5.74) is 6.99. The van der Waals surface area contributed by atoms with Crippen LogP contribution in [0.4, 0.5) is 11.4 Å². The summed E-state index contributed by atoms with van der Waals surface area (Å²) in [5, 5.41) is 4.47. The van der Waals surface area contributed by atoms with Crippen LogP contribution in [0.5, 0.6) is 0 Å². The van der Waals surface area contributed by atoms with E-state index in [1.807, 2.05) is 0 Å². The highest BCUT2D eigenvalue weighted by Crippen LogP contribution is 2.34. The van der Waals surface area contributed by atoms with Crippen LogP contribution in [-0.4, -0.2) is 6.04 Å². The van der Waals surface area contributed by atoms with E-state index in [0.717, 1.165) is 18.5 Å². The summed E-state index contributed by atoms with van der Waals surface area (Å²) >= 11 is 12.1. The van der Waals surface area contributed by atoms with Gasteiger partial charge in [-0.15, -0.1) is 0 Å². The molecule has 1 aliphatic carbocycles. The lowest BCUT2D eigenvalue weighted by molar-refractivity contribution is 0.787. The predicted molar refractivity (Wildman–Crippen MR) is 66.7 cm³/mol. The first-order valence-electron chi connectivity index (χ1n) is 4.83. The van der Waals surface area contributed by atoms with Crippen molar-refractivity contribution in [3.05, 3.63) is 34.3 Å². The molecule has 0 heterocycles. The Balaban J connectivity index is 2.20. The highest BCUT2D eigenvalue weighted by atomic mass is 35.5. The zero-order valence-corrected chi connectivity index (χ0v) is 9.65. The summed E-state index contributed by atoms with van der Waals surface area (Å²) in [7, 11) is 0. The maximum absolute atomic E-state index is 6.07. The van der Waals surface area contributed by atoms with Gasteiger partial charge >= 0.3 is 0 Å². The van der Waals surface area contributed by atoms with Crippen LogP contribution in [0.15, 0.2) is 24.3 Å². The number of hydrogen-bond acceptors (Lipinski definition) is 2. The number of nitrogens with one attached hydrogen (secondary N) is 1. The van der Waals surface area contributed by atoms with Crippen LogP contribution in [0.1, 0.15) is 12.8 Å². The van der Waals surface area contributed by atoms with Crippen LogP contribution in [0.3, 0.4) is 0 Å². The third-order valence-corrected chi connectivity index (χ3v) is 3.02. The van der Waals surface area contributed by atoms with Crippen LogP contribution in [0, 0.1) is 0 Å². The fourth-order valence-corrected chi connectivity index (χ4v) is 2.28. The first kappa shape index (κ1) is 10.7. The molecule has 0 bridgehead atoms. The van der Waals surface area contributed by atoms with Gasteiger partial charge in [-0.1, -0.05) is 35.4 Å². The first-order valence-corrected chi connectivity index (χ1v) is 5.58. The van der Waals surface area contributed by atoms with E-state index in [0.29, 0.717) is 21.8 Å². The molecule has 3 N–H and O–H groups in total. The molecule has 2 rings (SSSR count). The monoisotopic (exact) mass is 242 g/mol. The zero-order chi connectivity index (χ0) is 10.8. The lowest BCUT2D eigenvalue weighted by Crippen LogP contribution is -2.15. The van der Waals surface area contributed by atoms with Crippen LogP contribution >= 0.6 is 23.2 Å². The number of anilines is 2. The average molecular weight is 243 g/mol. The molecule has 80 valence electrons. The Kier molecular flexibility index (Phi) is 3.08. The minimum absolute atomic E-state index is 0.392. The molecule has 0 radical (unpaired) electrons. The van der Waals surface area contributed by atoms with Gasteiger partial charge in [0.25, 0.3) is 0 Å². The minimum atomic E-state index is 0.392. The van der Waals surface area contributed by atoms with Gasteiger partial charge in [-0.2, -0.15) is 0 Å². The van der Waals surface area contributed by atoms with E-state index < -0.39 is 0 Å². The lowest BCUT2D eigenvalue weighted by atomic mass is 10.2. The van der Waals surface area contributed by atoms with Crippen molar-refractivity contribution < 1.29 is 0 Å². The van der Waals surface area contributed by atoms with Gasteiger partial charge in [0.15, 0.2) is 0 Å². The van der Waals surface area contributed by atoms with E-state index in [4.69, 9.17) is 28.9 Å². The molecule has 1 aliphatic rings. The summed E-state index contributed by atoms with van der Waals surface area (Å²) in [5.74, 6) is 0. The molecule has 1 aromatic rings. The van der Waals surface area contributed by atoms with E-state index >= 15 is 0 Å². The molecule has 0 unspecified atom stereocenters. The van der Waals surface area contributed by atoms with Crippen molar-refractivity contribution in [1.82, 2.24) is 0 Å². The Hall–Kier alpha value is -0.860. The molecule has 0 fully saturated rings. The van der Waals surface area contributed by atoms with Crippen molar-refractivity contribution >= 4 is 34.6 Å². The summed E-state index contributed by atoms with van der Waals surface area (Å²) in [6.45, 7) is 0. The van der Waals surface area contributed by atoms with Crippen molar-refractivity contribution in [2.45, 2.75) is 18.9 Å². The van der Waals surface area contributed by atoms with Gasteiger partial charge in [0.05, 0.1) is 15.7 Å². The Morgan fingerprint density at radius 1 is 1.13 bits per heavy atom. The van der Waals surface area contributed by atoms with E-state index in [9.17, 15) is 0 Å². The van der Waals surface area contributed by atoms with Crippen molar-refractivity contribution in [3.8, 4) is 0 Å². The minimum Gasteiger partial charge on any atom is -0.399 e. The third-order valence-electron chi connectivity index (χ3n) is 2.42. The highest BCUT2D eigenvalue weighted by Gasteiger charge is 2.14. The summed E-state index contributed by atoms with van der Waals surface area (Å²) < 4.78 is 0. The SMILES string of the molecule is Nc1cc(Cl)c(NC2CC=CC2)c(Cl)c1. The van der Waals surface area contributed by atoms with Crippen LogP contribution in [-0.2, 0) is 0 Å². The standard InChI is InChI=1S/C11H12Cl2N2/c12-9-5-7(14)6-10(13)11(9)15-8-3-1-2-4-8/h1-2,5-6,8,15H,3-4,14H2. The topological polar surface area (TPSA) is 38.0 Å². The number of halogens is 2. The number of rotatable bonds is 2. The number of benzene rings is 1. The Bertz CT molecular complexity index is 371. The van der Waals surface area contributed by atoms with Crippen molar-refractivity contribution in [2.24, 2.45) is 0 Å². The maximum Gasteiger partial charge on any atom is 0.0722 e. The molecular weight excluding hydrogens is 231 g/mol. The Morgan fingerprint density at radius 2 is 1.67 bits per heavy atom. The number of nitrogens with two attached hydrogens (primary N) is 1. The second kappa shape index (κ2) is 4.33. The Morgan fingerprint density at radius 3 is 2.20 bits per heavy atom. The molecule has 15 heavy (non-hydrogen) atoms. The molecule has 2 nitrogen and oxygen atoms in total.